The van der Waals surface area contributed by atoms with Crippen LogP contribution in [0.25, 0.3) is 0 Å². The first-order valence-corrected chi connectivity index (χ1v) is 7.83. The normalized spacial score (nSPS) is 10.4. The molecule has 1 aromatic carbocycles. The maximum absolute atomic E-state index is 13.0. The molecule has 0 unspecified atom stereocenters. The molecule has 0 bridgehead atoms. The number of hydrogen-bond donors (Lipinski definition) is 2. The Labute approximate surface area is 128 Å². The Morgan fingerprint density at radius 1 is 1.29 bits per heavy atom. The van der Waals surface area contributed by atoms with Crippen molar-refractivity contribution in [1.82, 2.24) is 10.2 Å². The summed E-state index contributed by atoms with van der Waals surface area (Å²) < 4.78 is 26.6. The summed E-state index contributed by atoms with van der Waals surface area (Å²) in [6, 6.07) is 2.85. The van der Waals surface area contributed by atoms with Gasteiger partial charge in [0.25, 0.3) is 0 Å². The van der Waals surface area contributed by atoms with Gasteiger partial charge in [-0.2, -0.15) is 0 Å². The van der Waals surface area contributed by atoms with Gasteiger partial charge in [0.15, 0.2) is 4.34 Å². The maximum atomic E-state index is 13.0. The fourth-order valence-electron chi connectivity index (χ4n) is 1.44. The van der Waals surface area contributed by atoms with Crippen LogP contribution in [-0.2, 0) is 4.79 Å². The summed E-state index contributed by atoms with van der Waals surface area (Å²) >= 11 is 2.55. The topological polar surface area (TPSA) is 66.9 Å². The molecule has 2 rings (SSSR count). The lowest BCUT2D eigenvalue weighted by Crippen LogP contribution is -2.14. The number of halogens is 2. The number of nitrogens with one attached hydrogen (secondary N) is 2. The lowest BCUT2D eigenvalue weighted by atomic mass is 10.3. The van der Waals surface area contributed by atoms with Crippen LogP contribution < -0.4 is 10.6 Å². The van der Waals surface area contributed by atoms with Crippen LogP contribution in [0, 0.1) is 11.6 Å². The smallest absolute Gasteiger partial charge is 0.234 e. The summed E-state index contributed by atoms with van der Waals surface area (Å²) in [6.45, 7) is 2.69. The van der Waals surface area contributed by atoms with Crippen LogP contribution in [0.4, 0.5) is 19.6 Å². The van der Waals surface area contributed by atoms with E-state index in [9.17, 15) is 13.6 Å². The van der Waals surface area contributed by atoms with Crippen LogP contribution in [0.15, 0.2) is 22.5 Å². The molecule has 0 radical (unpaired) electrons. The lowest BCUT2D eigenvalue weighted by molar-refractivity contribution is -0.113. The molecule has 0 aliphatic rings. The maximum Gasteiger partial charge on any atom is 0.234 e. The van der Waals surface area contributed by atoms with Crippen molar-refractivity contribution in [2.75, 3.05) is 22.9 Å². The van der Waals surface area contributed by atoms with Gasteiger partial charge >= 0.3 is 0 Å². The van der Waals surface area contributed by atoms with Crippen molar-refractivity contribution in [2.45, 2.75) is 11.3 Å². The van der Waals surface area contributed by atoms with Crippen LogP contribution in [0.3, 0.4) is 0 Å². The molecule has 0 saturated carbocycles. The summed E-state index contributed by atoms with van der Waals surface area (Å²) in [7, 11) is 0. The molecule has 2 aromatic rings. The first-order chi connectivity index (χ1) is 10.1. The average molecular weight is 330 g/mol. The number of aromatic nitrogens is 2. The minimum atomic E-state index is -0.739. The quantitative estimate of drug-likeness (QED) is 0.797. The molecular weight excluding hydrogens is 318 g/mol. The number of nitrogens with zero attached hydrogens (tertiary/aromatic N) is 2. The highest BCUT2D eigenvalue weighted by Gasteiger charge is 2.09. The van der Waals surface area contributed by atoms with Crippen molar-refractivity contribution in [3.05, 3.63) is 29.8 Å². The molecular formula is C12H12F2N4OS2. The molecule has 1 heterocycles. The third-order valence-corrected chi connectivity index (χ3v) is 4.22. The van der Waals surface area contributed by atoms with Crippen molar-refractivity contribution in [1.29, 1.82) is 0 Å². The molecule has 2 N–H and O–H groups in total. The summed E-state index contributed by atoms with van der Waals surface area (Å²) in [6.07, 6.45) is 0. The minimum absolute atomic E-state index is 0.0822. The van der Waals surface area contributed by atoms with E-state index in [0.29, 0.717) is 9.47 Å². The minimum Gasteiger partial charge on any atom is -0.360 e. The van der Waals surface area contributed by atoms with Gasteiger partial charge in [0.1, 0.15) is 11.6 Å². The average Bonchev–Trinajstić information content (AvgIpc) is 2.83. The second kappa shape index (κ2) is 7.32. The zero-order chi connectivity index (χ0) is 15.2. The van der Waals surface area contributed by atoms with Gasteiger partial charge < -0.3 is 10.6 Å². The summed E-state index contributed by atoms with van der Waals surface area (Å²) in [5, 5.41) is 13.9. The standard InChI is InChI=1S/C12H12F2N4OS2/c1-2-15-11-17-18-12(21-11)20-6-10(19)16-9-4-7(13)3-8(14)5-9/h3-5H,2,6H2,1H3,(H,15,17)(H,16,19). The second-order valence-electron chi connectivity index (χ2n) is 3.90. The molecule has 1 amide bonds. The number of hydrogen-bond acceptors (Lipinski definition) is 6. The summed E-state index contributed by atoms with van der Waals surface area (Å²) in [4.78, 5) is 11.7. The third kappa shape index (κ3) is 4.94. The Balaban J connectivity index is 1.86. The predicted octanol–water partition coefficient (Wildman–Crippen LogP) is 2.98. The SMILES string of the molecule is CCNc1nnc(SCC(=O)Nc2cc(F)cc(F)c2)s1. The van der Waals surface area contributed by atoms with E-state index >= 15 is 0 Å². The molecule has 0 fully saturated rings. The number of amides is 1. The number of carbonyl (C=O) groups is 1. The van der Waals surface area contributed by atoms with Crippen molar-refractivity contribution >= 4 is 39.8 Å². The second-order valence-corrected chi connectivity index (χ2v) is 6.10. The monoisotopic (exact) mass is 330 g/mol. The Kier molecular flexibility index (Phi) is 5.45. The lowest BCUT2D eigenvalue weighted by Gasteiger charge is -2.04. The van der Waals surface area contributed by atoms with E-state index < -0.39 is 11.6 Å². The first-order valence-electron chi connectivity index (χ1n) is 6.03. The molecule has 0 saturated heterocycles. The molecule has 1 aromatic heterocycles. The molecule has 112 valence electrons. The number of benzene rings is 1. The fraction of sp³-hybridized carbons (Fsp3) is 0.250. The van der Waals surface area contributed by atoms with Crippen LogP contribution in [0.1, 0.15) is 6.92 Å². The van der Waals surface area contributed by atoms with Gasteiger partial charge in [0.05, 0.1) is 5.75 Å². The Bertz CT molecular complexity index is 615. The molecule has 0 aliphatic carbocycles. The van der Waals surface area contributed by atoms with Gasteiger partial charge in [-0.15, -0.1) is 10.2 Å². The van der Waals surface area contributed by atoms with E-state index in [4.69, 9.17) is 0 Å². The van der Waals surface area contributed by atoms with Gasteiger partial charge in [-0.25, -0.2) is 8.78 Å². The Morgan fingerprint density at radius 3 is 2.67 bits per heavy atom. The van der Waals surface area contributed by atoms with Gasteiger partial charge in [0.2, 0.25) is 11.0 Å². The first kappa shape index (κ1) is 15.6. The van der Waals surface area contributed by atoms with Crippen LogP contribution in [0.2, 0.25) is 0 Å². The number of rotatable bonds is 6. The zero-order valence-electron chi connectivity index (χ0n) is 11.0. The van der Waals surface area contributed by atoms with E-state index in [1.807, 2.05) is 6.92 Å². The Hall–Kier alpha value is -1.74. The molecule has 9 heteroatoms. The molecule has 0 aliphatic heterocycles. The number of anilines is 2. The summed E-state index contributed by atoms with van der Waals surface area (Å²) in [5.41, 5.74) is 0.0868. The van der Waals surface area contributed by atoms with Gasteiger partial charge in [0, 0.05) is 18.3 Å². The van der Waals surface area contributed by atoms with Crippen LogP contribution >= 0.6 is 23.1 Å². The van der Waals surface area contributed by atoms with Crippen LogP contribution in [-0.4, -0.2) is 28.4 Å². The van der Waals surface area contributed by atoms with Gasteiger partial charge in [-0.1, -0.05) is 23.1 Å². The van der Waals surface area contributed by atoms with Crippen molar-refractivity contribution < 1.29 is 13.6 Å². The highest BCUT2D eigenvalue weighted by molar-refractivity contribution is 8.01. The third-order valence-electron chi connectivity index (χ3n) is 2.21. The molecule has 5 nitrogen and oxygen atoms in total. The number of thioether (sulfide) groups is 1. The van der Waals surface area contributed by atoms with Gasteiger partial charge in [-0.05, 0) is 19.1 Å². The van der Waals surface area contributed by atoms with E-state index in [1.165, 1.54) is 23.1 Å². The number of carbonyl (C=O) groups excluding carboxylic acids is 1. The van der Waals surface area contributed by atoms with E-state index in [-0.39, 0.29) is 17.3 Å². The van der Waals surface area contributed by atoms with Crippen molar-refractivity contribution in [2.24, 2.45) is 0 Å². The zero-order valence-corrected chi connectivity index (χ0v) is 12.7. The predicted molar refractivity (Wildman–Crippen MR) is 79.8 cm³/mol. The summed E-state index contributed by atoms with van der Waals surface area (Å²) in [5.74, 6) is -1.77. The molecule has 0 atom stereocenters. The highest BCUT2D eigenvalue weighted by Crippen LogP contribution is 2.25. The largest absolute Gasteiger partial charge is 0.360 e. The van der Waals surface area contributed by atoms with Gasteiger partial charge in [-0.3, -0.25) is 4.79 Å². The fourth-order valence-corrected chi connectivity index (χ4v) is 3.06. The van der Waals surface area contributed by atoms with Crippen LogP contribution in [0.5, 0.6) is 0 Å². The Morgan fingerprint density at radius 2 is 2.00 bits per heavy atom. The van der Waals surface area contributed by atoms with E-state index in [0.717, 1.165) is 24.7 Å². The van der Waals surface area contributed by atoms with Crippen molar-refractivity contribution in [3.63, 3.8) is 0 Å². The van der Waals surface area contributed by atoms with E-state index in [1.54, 1.807) is 0 Å². The van der Waals surface area contributed by atoms with Crippen molar-refractivity contribution in [3.8, 4) is 0 Å². The van der Waals surface area contributed by atoms with E-state index in [2.05, 4.69) is 20.8 Å². The molecule has 21 heavy (non-hydrogen) atoms. The highest BCUT2D eigenvalue weighted by atomic mass is 32.2. The molecule has 0 spiro atoms.